The number of hydrogen-bond donors (Lipinski definition) is 1. The number of benzene rings is 1. The molecule has 0 unspecified atom stereocenters. The highest BCUT2D eigenvalue weighted by Gasteiger charge is 2.08. The lowest BCUT2D eigenvalue weighted by Crippen LogP contribution is -2.11. The third-order valence-corrected chi connectivity index (χ3v) is 2.18. The molecule has 0 saturated carbocycles. The Morgan fingerprint density at radius 1 is 1.33 bits per heavy atom. The zero-order valence-corrected chi connectivity index (χ0v) is 9.74. The van der Waals surface area contributed by atoms with E-state index in [0.29, 0.717) is 12.2 Å². The fraction of sp³-hybridized carbons (Fsp3) is 0.250. The lowest BCUT2D eigenvalue weighted by atomic mass is 10.3. The largest absolute Gasteiger partial charge is 0.417 e. The maximum Gasteiger partial charge on any atom is 0.399 e. The zero-order chi connectivity index (χ0) is 13.0. The first-order chi connectivity index (χ1) is 8.69. The van der Waals surface area contributed by atoms with Crippen LogP contribution < -0.4 is 10.1 Å². The molecule has 1 aromatic carbocycles. The van der Waals surface area contributed by atoms with Crippen LogP contribution in [0.25, 0.3) is 0 Å². The van der Waals surface area contributed by atoms with Crippen LogP contribution in [0.15, 0.2) is 28.9 Å². The predicted molar refractivity (Wildman–Crippen MR) is 60.3 cm³/mol. The van der Waals surface area contributed by atoms with Gasteiger partial charge in [0.2, 0.25) is 0 Å². The van der Waals surface area contributed by atoms with E-state index >= 15 is 0 Å². The Hall–Kier alpha value is -1.95. The molecule has 1 heterocycles. The van der Waals surface area contributed by atoms with Crippen LogP contribution in [0.5, 0.6) is 11.8 Å². The number of oxazole rings is 1. The Bertz CT molecular complexity index is 529. The summed E-state index contributed by atoms with van der Waals surface area (Å²) >= 11 is 0. The van der Waals surface area contributed by atoms with Crippen molar-refractivity contribution in [2.24, 2.45) is 0 Å². The predicted octanol–water partition coefficient (Wildman–Crippen LogP) is 2.85. The summed E-state index contributed by atoms with van der Waals surface area (Å²) < 4.78 is 35.8. The third kappa shape index (κ3) is 3.04. The molecular weight excluding hydrogens is 242 g/mol. The summed E-state index contributed by atoms with van der Waals surface area (Å²) in [6.45, 7) is 3.34. The first-order valence-electron chi connectivity index (χ1n) is 5.47. The molecule has 0 saturated heterocycles. The van der Waals surface area contributed by atoms with Crippen LogP contribution in [-0.2, 0) is 6.54 Å². The maximum absolute atomic E-state index is 12.9. The van der Waals surface area contributed by atoms with Crippen molar-refractivity contribution in [2.75, 3.05) is 6.54 Å². The summed E-state index contributed by atoms with van der Waals surface area (Å²) in [6, 6.07) is 3.21. The van der Waals surface area contributed by atoms with Crippen molar-refractivity contribution in [3.8, 4) is 11.8 Å². The van der Waals surface area contributed by atoms with Gasteiger partial charge in [-0.3, -0.25) is 0 Å². The van der Waals surface area contributed by atoms with Gasteiger partial charge in [0.15, 0.2) is 11.6 Å². The van der Waals surface area contributed by atoms with Crippen molar-refractivity contribution in [1.82, 2.24) is 10.3 Å². The van der Waals surface area contributed by atoms with Crippen molar-refractivity contribution in [3.63, 3.8) is 0 Å². The lowest BCUT2D eigenvalue weighted by molar-refractivity contribution is 0.328. The van der Waals surface area contributed by atoms with Gasteiger partial charge < -0.3 is 14.5 Å². The van der Waals surface area contributed by atoms with Gasteiger partial charge in [0.05, 0.1) is 5.69 Å². The van der Waals surface area contributed by atoms with Gasteiger partial charge in [-0.15, -0.1) is 0 Å². The molecule has 0 bridgehead atoms. The average molecular weight is 254 g/mol. The van der Waals surface area contributed by atoms with Crippen LogP contribution in [0, 0.1) is 11.6 Å². The third-order valence-electron chi connectivity index (χ3n) is 2.18. The SMILES string of the molecule is CCNCc1coc(Oc2ccc(F)c(F)c2)n1. The number of halogens is 2. The van der Waals surface area contributed by atoms with Gasteiger partial charge in [-0.25, -0.2) is 8.78 Å². The van der Waals surface area contributed by atoms with Crippen molar-refractivity contribution < 1.29 is 17.9 Å². The number of ether oxygens (including phenoxy) is 1. The first kappa shape index (κ1) is 12.5. The summed E-state index contributed by atoms with van der Waals surface area (Å²) in [7, 11) is 0. The molecule has 18 heavy (non-hydrogen) atoms. The fourth-order valence-corrected chi connectivity index (χ4v) is 1.31. The van der Waals surface area contributed by atoms with Gasteiger partial charge in [0.1, 0.15) is 12.0 Å². The minimum Gasteiger partial charge on any atom is -0.417 e. The molecule has 1 aromatic heterocycles. The molecule has 0 aliphatic heterocycles. The quantitative estimate of drug-likeness (QED) is 0.891. The molecule has 6 heteroatoms. The Balaban J connectivity index is 2.04. The monoisotopic (exact) mass is 254 g/mol. The number of rotatable bonds is 5. The second-order valence-corrected chi connectivity index (χ2v) is 3.56. The van der Waals surface area contributed by atoms with Crippen molar-refractivity contribution in [3.05, 3.63) is 41.8 Å². The highest BCUT2D eigenvalue weighted by molar-refractivity contribution is 5.25. The molecule has 2 aromatic rings. The van der Waals surface area contributed by atoms with Gasteiger partial charge in [-0.1, -0.05) is 6.92 Å². The second-order valence-electron chi connectivity index (χ2n) is 3.56. The highest BCUT2D eigenvalue weighted by atomic mass is 19.2. The van der Waals surface area contributed by atoms with E-state index < -0.39 is 11.6 Å². The summed E-state index contributed by atoms with van der Waals surface area (Å²) in [5, 5.41) is 3.07. The molecule has 0 radical (unpaired) electrons. The van der Waals surface area contributed by atoms with E-state index in [2.05, 4.69) is 10.3 Å². The molecule has 0 spiro atoms. The van der Waals surface area contributed by atoms with Crippen LogP contribution in [-0.4, -0.2) is 11.5 Å². The molecular formula is C12H12F2N2O2. The summed E-state index contributed by atoms with van der Waals surface area (Å²) in [5.74, 6) is -1.78. The smallest absolute Gasteiger partial charge is 0.399 e. The Kier molecular flexibility index (Phi) is 3.88. The van der Waals surface area contributed by atoms with Crippen molar-refractivity contribution in [1.29, 1.82) is 0 Å². The average Bonchev–Trinajstić information content (AvgIpc) is 2.79. The summed E-state index contributed by atoms with van der Waals surface area (Å²) in [5.41, 5.74) is 0.675. The fourth-order valence-electron chi connectivity index (χ4n) is 1.31. The zero-order valence-electron chi connectivity index (χ0n) is 9.74. The Morgan fingerprint density at radius 3 is 2.89 bits per heavy atom. The molecule has 0 aliphatic rings. The van der Waals surface area contributed by atoms with E-state index in [9.17, 15) is 8.78 Å². The molecule has 0 aliphatic carbocycles. The number of hydrogen-bond acceptors (Lipinski definition) is 4. The van der Waals surface area contributed by atoms with E-state index in [4.69, 9.17) is 9.15 Å². The second kappa shape index (κ2) is 5.59. The summed E-state index contributed by atoms with van der Waals surface area (Å²) in [4.78, 5) is 4.03. The van der Waals surface area contributed by atoms with Crippen LogP contribution in [0.1, 0.15) is 12.6 Å². The van der Waals surface area contributed by atoms with Crippen molar-refractivity contribution >= 4 is 0 Å². The summed E-state index contributed by atoms with van der Waals surface area (Å²) in [6.07, 6.45) is 1.44. The molecule has 2 rings (SSSR count). The molecule has 0 amide bonds. The van der Waals surface area contributed by atoms with Gasteiger partial charge in [-0.05, 0) is 18.7 Å². The van der Waals surface area contributed by atoms with Gasteiger partial charge in [-0.2, -0.15) is 4.98 Å². The topological polar surface area (TPSA) is 47.3 Å². The number of nitrogens with one attached hydrogen (secondary N) is 1. The normalized spacial score (nSPS) is 10.6. The van der Waals surface area contributed by atoms with Gasteiger partial charge in [0.25, 0.3) is 0 Å². The molecule has 4 nitrogen and oxygen atoms in total. The number of aromatic nitrogens is 1. The van der Waals surface area contributed by atoms with Crippen LogP contribution in [0.2, 0.25) is 0 Å². The lowest BCUT2D eigenvalue weighted by Gasteiger charge is -2.00. The minimum absolute atomic E-state index is 0.00564. The standard InChI is InChI=1S/C12H12F2N2O2/c1-2-15-6-8-7-17-12(16-8)18-9-3-4-10(13)11(14)5-9/h3-5,7,15H,2,6H2,1H3. The van der Waals surface area contributed by atoms with Crippen LogP contribution in [0.3, 0.4) is 0 Å². The molecule has 1 N–H and O–H groups in total. The highest BCUT2D eigenvalue weighted by Crippen LogP contribution is 2.22. The van der Waals surface area contributed by atoms with E-state index in [-0.39, 0.29) is 11.8 Å². The van der Waals surface area contributed by atoms with Crippen molar-refractivity contribution in [2.45, 2.75) is 13.5 Å². The van der Waals surface area contributed by atoms with E-state index in [1.165, 1.54) is 12.3 Å². The minimum atomic E-state index is -0.980. The van der Waals surface area contributed by atoms with Crippen LogP contribution in [0.4, 0.5) is 8.78 Å². The van der Waals surface area contributed by atoms with Gasteiger partial charge >= 0.3 is 6.08 Å². The van der Waals surface area contributed by atoms with E-state index in [0.717, 1.165) is 18.7 Å². The molecule has 96 valence electrons. The Morgan fingerprint density at radius 2 is 2.17 bits per heavy atom. The Labute approximate surface area is 103 Å². The first-order valence-corrected chi connectivity index (χ1v) is 5.47. The van der Waals surface area contributed by atoms with Crippen LogP contribution >= 0.6 is 0 Å². The molecule has 0 atom stereocenters. The number of nitrogens with zero attached hydrogens (tertiary/aromatic N) is 1. The maximum atomic E-state index is 12.9. The molecule has 0 fully saturated rings. The van der Waals surface area contributed by atoms with E-state index in [1.807, 2.05) is 6.92 Å². The van der Waals surface area contributed by atoms with E-state index in [1.54, 1.807) is 0 Å². The van der Waals surface area contributed by atoms with Gasteiger partial charge in [0, 0.05) is 12.6 Å².